The minimum absolute atomic E-state index is 0.122. The van der Waals surface area contributed by atoms with E-state index in [0.29, 0.717) is 23.3 Å². The molecule has 17 heavy (non-hydrogen) atoms. The van der Waals surface area contributed by atoms with Crippen LogP contribution in [-0.2, 0) is 4.79 Å². The summed E-state index contributed by atoms with van der Waals surface area (Å²) in [4.78, 5) is 25.1. The third kappa shape index (κ3) is 1.87. The van der Waals surface area contributed by atoms with Crippen molar-refractivity contribution in [2.75, 3.05) is 6.61 Å². The summed E-state index contributed by atoms with van der Waals surface area (Å²) in [6, 6.07) is 5.24. The van der Waals surface area contributed by atoms with Crippen molar-refractivity contribution in [2.45, 2.75) is 6.92 Å². The first kappa shape index (κ1) is 11.2. The highest BCUT2D eigenvalue weighted by Gasteiger charge is 2.21. The molecule has 0 bridgehead atoms. The molecule has 0 saturated heterocycles. The van der Waals surface area contributed by atoms with Gasteiger partial charge in [0.25, 0.3) is 5.78 Å². The molecule has 2 rings (SSSR count). The van der Waals surface area contributed by atoms with Gasteiger partial charge < -0.3 is 14.8 Å². The maximum atomic E-state index is 11.5. The molecule has 88 valence electrons. The highest BCUT2D eigenvalue weighted by Crippen LogP contribution is 2.29. The van der Waals surface area contributed by atoms with Crippen LogP contribution in [0.5, 0.6) is 5.75 Å². The fraction of sp³-hybridized carbons (Fsp3) is 0.167. The molecular formula is C12H11NO4. The molecule has 0 unspecified atom stereocenters. The molecule has 0 fully saturated rings. The Bertz CT molecular complexity index is 585. The van der Waals surface area contributed by atoms with Gasteiger partial charge in [0, 0.05) is 11.7 Å². The van der Waals surface area contributed by atoms with Gasteiger partial charge in [0.05, 0.1) is 17.6 Å². The van der Waals surface area contributed by atoms with E-state index in [-0.39, 0.29) is 5.56 Å². The topological polar surface area (TPSA) is 79.4 Å². The number of Topliss-reactive ketones (excluding diaryl/α,β-unsaturated/α-hetero) is 1. The number of aromatic nitrogens is 1. The second kappa shape index (κ2) is 4.29. The van der Waals surface area contributed by atoms with E-state index in [1.165, 1.54) is 6.20 Å². The summed E-state index contributed by atoms with van der Waals surface area (Å²) in [7, 11) is 0. The molecule has 5 heteroatoms. The fourth-order valence-corrected chi connectivity index (χ4v) is 1.72. The summed E-state index contributed by atoms with van der Waals surface area (Å²) >= 11 is 0. The van der Waals surface area contributed by atoms with Gasteiger partial charge in [0.1, 0.15) is 5.75 Å². The van der Waals surface area contributed by atoms with Crippen LogP contribution in [0, 0.1) is 0 Å². The van der Waals surface area contributed by atoms with Crippen LogP contribution in [0.4, 0.5) is 0 Å². The molecule has 0 radical (unpaired) electrons. The Morgan fingerprint density at radius 2 is 2.18 bits per heavy atom. The second-order valence-corrected chi connectivity index (χ2v) is 3.45. The van der Waals surface area contributed by atoms with Crippen molar-refractivity contribution in [3.05, 3.63) is 30.0 Å². The van der Waals surface area contributed by atoms with Gasteiger partial charge in [0.15, 0.2) is 0 Å². The molecule has 1 heterocycles. The molecule has 0 saturated carbocycles. The van der Waals surface area contributed by atoms with Crippen LogP contribution in [0.3, 0.4) is 0 Å². The minimum Gasteiger partial charge on any atom is -0.493 e. The monoisotopic (exact) mass is 233 g/mol. The van der Waals surface area contributed by atoms with Crippen LogP contribution in [0.1, 0.15) is 17.3 Å². The average molecular weight is 233 g/mol. The number of rotatable bonds is 4. The highest BCUT2D eigenvalue weighted by atomic mass is 16.5. The third-order valence-corrected chi connectivity index (χ3v) is 2.41. The molecular weight excluding hydrogens is 222 g/mol. The lowest BCUT2D eigenvalue weighted by atomic mass is 10.1. The maximum Gasteiger partial charge on any atom is 0.377 e. The third-order valence-electron chi connectivity index (χ3n) is 2.41. The van der Waals surface area contributed by atoms with Crippen molar-refractivity contribution in [1.29, 1.82) is 0 Å². The zero-order valence-electron chi connectivity index (χ0n) is 9.19. The quantitative estimate of drug-likeness (QED) is 0.623. The van der Waals surface area contributed by atoms with Gasteiger partial charge in [-0.1, -0.05) is 6.07 Å². The number of hydrogen-bond donors (Lipinski definition) is 2. The number of ether oxygens (including phenoxy) is 1. The Kier molecular flexibility index (Phi) is 2.82. The van der Waals surface area contributed by atoms with Gasteiger partial charge >= 0.3 is 5.97 Å². The number of fused-ring (bicyclic) bond motifs is 1. The first-order valence-electron chi connectivity index (χ1n) is 5.15. The first-order valence-corrected chi connectivity index (χ1v) is 5.15. The van der Waals surface area contributed by atoms with Crippen LogP contribution >= 0.6 is 0 Å². The molecule has 0 amide bonds. The molecule has 5 nitrogen and oxygen atoms in total. The van der Waals surface area contributed by atoms with Crippen molar-refractivity contribution < 1.29 is 19.4 Å². The molecule has 0 aliphatic carbocycles. The van der Waals surface area contributed by atoms with E-state index < -0.39 is 11.8 Å². The van der Waals surface area contributed by atoms with Gasteiger partial charge in [-0.25, -0.2) is 4.79 Å². The van der Waals surface area contributed by atoms with Crippen molar-refractivity contribution in [1.82, 2.24) is 4.98 Å². The Morgan fingerprint density at radius 1 is 1.41 bits per heavy atom. The lowest BCUT2D eigenvalue weighted by Crippen LogP contribution is -2.12. The van der Waals surface area contributed by atoms with Gasteiger partial charge in [-0.05, 0) is 19.1 Å². The fourth-order valence-electron chi connectivity index (χ4n) is 1.72. The first-order chi connectivity index (χ1) is 8.15. The van der Waals surface area contributed by atoms with Crippen molar-refractivity contribution in [3.8, 4) is 5.75 Å². The van der Waals surface area contributed by atoms with E-state index in [9.17, 15) is 9.59 Å². The zero-order valence-corrected chi connectivity index (χ0v) is 9.19. The van der Waals surface area contributed by atoms with E-state index in [1.807, 2.05) is 6.92 Å². The van der Waals surface area contributed by atoms with Gasteiger partial charge in [-0.15, -0.1) is 0 Å². The maximum absolute atomic E-state index is 11.5. The summed E-state index contributed by atoms with van der Waals surface area (Å²) in [6.07, 6.45) is 1.39. The number of carboxylic acid groups (broad SMARTS) is 1. The van der Waals surface area contributed by atoms with Gasteiger partial charge in [-0.3, -0.25) is 4.79 Å². The van der Waals surface area contributed by atoms with Crippen molar-refractivity contribution >= 4 is 22.7 Å². The number of carbonyl (C=O) groups is 2. The number of carbonyl (C=O) groups excluding carboxylic acids is 1. The predicted molar refractivity (Wildman–Crippen MR) is 61.4 cm³/mol. The van der Waals surface area contributed by atoms with Crippen LogP contribution < -0.4 is 4.74 Å². The molecule has 1 aromatic carbocycles. The van der Waals surface area contributed by atoms with E-state index in [2.05, 4.69) is 4.98 Å². The molecule has 2 aromatic rings. The van der Waals surface area contributed by atoms with Gasteiger partial charge in [-0.2, -0.15) is 0 Å². The number of aliphatic carboxylic acids is 1. The Morgan fingerprint density at radius 3 is 2.82 bits per heavy atom. The SMILES string of the molecule is CCOc1cccc2[nH]cc(C(=O)C(=O)O)c12. The number of benzene rings is 1. The van der Waals surface area contributed by atoms with E-state index >= 15 is 0 Å². The average Bonchev–Trinajstić information content (AvgIpc) is 2.73. The van der Waals surface area contributed by atoms with Gasteiger partial charge in [0.2, 0.25) is 0 Å². The number of H-pyrrole nitrogens is 1. The lowest BCUT2D eigenvalue weighted by Gasteiger charge is -2.05. The van der Waals surface area contributed by atoms with E-state index in [0.717, 1.165) is 0 Å². The molecule has 0 aliphatic heterocycles. The second-order valence-electron chi connectivity index (χ2n) is 3.45. The summed E-state index contributed by atoms with van der Waals surface area (Å²) in [5, 5.41) is 9.25. The minimum atomic E-state index is -1.47. The summed E-state index contributed by atoms with van der Waals surface area (Å²) in [5.74, 6) is -1.91. The predicted octanol–water partition coefficient (Wildman–Crippen LogP) is 1.83. The number of ketones is 1. The summed E-state index contributed by atoms with van der Waals surface area (Å²) < 4.78 is 5.38. The van der Waals surface area contributed by atoms with Crippen LogP contribution in [0.2, 0.25) is 0 Å². The molecule has 0 atom stereocenters. The van der Waals surface area contributed by atoms with Crippen LogP contribution in [-0.4, -0.2) is 28.4 Å². The molecule has 2 N–H and O–H groups in total. The number of hydrogen-bond acceptors (Lipinski definition) is 3. The Balaban J connectivity index is 2.65. The zero-order chi connectivity index (χ0) is 12.4. The Labute approximate surface area is 97.0 Å². The van der Waals surface area contributed by atoms with Crippen LogP contribution in [0.25, 0.3) is 10.9 Å². The largest absolute Gasteiger partial charge is 0.493 e. The highest BCUT2D eigenvalue weighted by molar-refractivity contribution is 6.42. The van der Waals surface area contributed by atoms with Crippen molar-refractivity contribution in [2.24, 2.45) is 0 Å². The number of carboxylic acids is 1. The smallest absolute Gasteiger partial charge is 0.377 e. The number of nitrogens with one attached hydrogen (secondary N) is 1. The lowest BCUT2D eigenvalue weighted by molar-refractivity contribution is -0.131. The van der Waals surface area contributed by atoms with Crippen molar-refractivity contribution in [3.63, 3.8) is 0 Å². The summed E-state index contributed by atoms with van der Waals surface area (Å²) in [6.45, 7) is 2.27. The standard InChI is InChI=1S/C12H11NO4/c1-2-17-9-5-3-4-8-10(9)7(6-13-8)11(14)12(15)16/h3-6,13H,2H2,1H3,(H,15,16). The normalized spacial score (nSPS) is 10.4. The number of aromatic amines is 1. The van der Waals surface area contributed by atoms with E-state index in [4.69, 9.17) is 9.84 Å². The summed E-state index contributed by atoms with van der Waals surface area (Å²) in [5.41, 5.74) is 0.803. The van der Waals surface area contributed by atoms with E-state index in [1.54, 1.807) is 18.2 Å². The van der Waals surface area contributed by atoms with Crippen LogP contribution in [0.15, 0.2) is 24.4 Å². The molecule has 0 spiro atoms. The molecule has 0 aliphatic rings. The Hall–Kier alpha value is -2.30. The molecule has 1 aromatic heterocycles.